The van der Waals surface area contributed by atoms with Gasteiger partial charge in [0, 0.05) is 31.8 Å². The Hall–Kier alpha value is -1.56. The molecule has 0 saturated heterocycles. The first-order valence-electron chi connectivity index (χ1n) is 9.06. The molecule has 2 rings (SSSR count). The van der Waals surface area contributed by atoms with Crippen molar-refractivity contribution in [2.24, 2.45) is 10.7 Å². The lowest BCUT2D eigenvalue weighted by atomic mass is 9.81. The number of hydrogen-bond acceptors (Lipinski definition) is 4. The van der Waals surface area contributed by atoms with Crippen LogP contribution in [0.4, 0.5) is 5.69 Å². The molecule has 0 spiro atoms. The third-order valence-electron chi connectivity index (χ3n) is 5.28. The van der Waals surface area contributed by atoms with Gasteiger partial charge in [0.1, 0.15) is 17.9 Å². The molecule has 0 aliphatic heterocycles. The van der Waals surface area contributed by atoms with Gasteiger partial charge >= 0.3 is 0 Å². The summed E-state index contributed by atoms with van der Waals surface area (Å²) in [6, 6.07) is 5.77. The van der Waals surface area contributed by atoms with Gasteiger partial charge in [-0.1, -0.05) is 29.3 Å². The van der Waals surface area contributed by atoms with Gasteiger partial charge in [-0.15, -0.1) is 0 Å². The molecule has 5 nitrogen and oxygen atoms in total. The largest absolute Gasteiger partial charge is 0.357 e. The van der Waals surface area contributed by atoms with Gasteiger partial charge < -0.3 is 15.5 Å². The van der Waals surface area contributed by atoms with Crippen LogP contribution < -0.4 is 10.6 Å². The highest BCUT2D eigenvalue weighted by molar-refractivity contribution is 6.44. The number of hydrogen-bond donors (Lipinski definition) is 1. The second-order valence-electron chi connectivity index (χ2n) is 7.45. The van der Waals surface area contributed by atoms with Crippen molar-refractivity contribution in [1.29, 1.82) is 0 Å². The number of allylic oxidation sites excluding steroid dienone is 1. The summed E-state index contributed by atoms with van der Waals surface area (Å²) in [5.74, 6) is 1.33. The maximum Gasteiger partial charge on any atom is 0.146 e. The maximum atomic E-state index is 11.2. The number of carbonyl (C=O) groups is 1. The first-order chi connectivity index (χ1) is 12.7. The second kappa shape index (κ2) is 9.09. The molecular formula is C20H28Cl2N4O. The first kappa shape index (κ1) is 21.7. The molecule has 1 fully saturated rings. The van der Waals surface area contributed by atoms with Crippen LogP contribution in [0.3, 0.4) is 0 Å². The lowest BCUT2D eigenvalue weighted by Crippen LogP contribution is -2.45. The zero-order valence-corrected chi connectivity index (χ0v) is 17.9. The van der Waals surface area contributed by atoms with Gasteiger partial charge in [0.05, 0.1) is 15.7 Å². The molecule has 1 aliphatic carbocycles. The second-order valence-corrected chi connectivity index (χ2v) is 8.23. The Bertz CT molecular complexity index is 735. The molecule has 7 heteroatoms. The standard InChI is InChI=1S/C20H28Cl2N4O/c1-14(25(3)17-7-5-6-16(21)19(17)22)24-18(10-13-27)26(4)15-8-11-20(2,23)12-9-15/h5-7,10,13,15H,8-9,11-12,23H2,1-4H3/b18-10+,24-14?. The summed E-state index contributed by atoms with van der Waals surface area (Å²) in [5.41, 5.74) is 6.90. The fourth-order valence-corrected chi connectivity index (χ4v) is 3.72. The molecule has 0 radical (unpaired) electrons. The molecule has 2 N–H and O–H groups in total. The van der Waals surface area contributed by atoms with Crippen LogP contribution in [0.1, 0.15) is 39.5 Å². The molecule has 1 saturated carbocycles. The molecule has 1 aromatic rings. The van der Waals surface area contributed by atoms with Crippen LogP contribution in [0.15, 0.2) is 35.1 Å². The minimum absolute atomic E-state index is 0.103. The number of nitrogens with two attached hydrogens (primary N) is 1. The normalized spacial score (nSPS) is 23.9. The van der Waals surface area contributed by atoms with Crippen molar-refractivity contribution >= 4 is 41.0 Å². The molecular weight excluding hydrogens is 383 g/mol. The Morgan fingerprint density at radius 1 is 1.30 bits per heavy atom. The lowest BCUT2D eigenvalue weighted by molar-refractivity contribution is -0.104. The minimum Gasteiger partial charge on any atom is -0.357 e. The van der Waals surface area contributed by atoms with Crippen molar-refractivity contribution in [3.8, 4) is 0 Å². The number of nitrogens with zero attached hydrogens (tertiary/aromatic N) is 3. The monoisotopic (exact) mass is 410 g/mol. The van der Waals surface area contributed by atoms with Crippen LogP contribution in [0.5, 0.6) is 0 Å². The number of anilines is 1. The van der Waals surface area contributed by atoms with E-state index >= 15 is 0 Å². The first-order valence-corrected chi connectivity index (χ1v) is 9.82. The van der Waals surface area contributed by atoms with Crippen LogP contribution >= 0.6 is 23.2 Å². The van der Waals surface area contributed by atoms with E-state index in [0.29, 0.717) is 27.7 Å². The van der Waals surface area contributed by atoms with Crippen molar-refractivity contribution in [3.05, 3.63) is 40.1 Å². The average molecular weight is 411 g/mol. The van der Waals surface area contributed by atoms with E-state index in [4.69, 9.17) is 33.9 Å². The molecule has 0 bridgehead atoms. The zero-order valence-electron chi connectivity index (χ0n) is 16.4. The van der Waals surface area contributed by atoms with Gasteiger partial charge in [0.15, 0.2) is 0 Å². The third-order valence-corrected chi connectivity index (χ3v) is 6.09. The van der Waals surface area contributed by atoms with Gasteiger partial charge in [-0.05, 0) is 51.7 Å². The number of benzene rings is 1. The van der Waals surface area contributed by atoms with E-state index in [9.17, 15) is 4.79 Å². The quantitative estimate of drug-likeness (QED) is 0.336. The fourth-order valence-electron chi connectivity index (χ4n) is 3.30. The summed E-state index contributed by atoms with van der Waals surface area (Å²) in [4.78, 5) is 19.8. The Kier molecular flexibility index (Phi) is 7.32. The van der Waals surface area contributed by atoms with E-state index in [-0.39, 0.29) is 5.54 Å². The number of aldehydes is 1. The van der Waals surface area contributed by atoms with E-state index in [0.717, 1.165) is 37.7 Å². The number of aliphatic imine (C=N–C) groups is 1. The van der Waals surface area contributed by atoms with Gasteiger partial charge in [-0.3, -0.25) is 4.79 Å². The van der Waals surface area contributed by atoms with Crippen molar-refractivity contribution < 1.29 is 4.79 Å². The summed E-state index contributed by atoms with van der Waals surface area (Å²) < 4.78 is 0. The number of rotatable bonds is 5. The zero-order chi connectivity index (χ0) is 20.2. The average Bonchev–Trinajstić information content (AvgIpc) is 2.62. The number of carbonyl (C=O) groups excluding carboxylic acids is 1. The van der Waals surface area contributed by atoms with Gasteiger partial charge in [-0.25, -0.2) is 4.99 Å². The lowest BCUT2D eigenvalue weighted by Gasteiger charge is -2.39. The van der Waals surface area contributed by atoms with E-state index in [1.807, 2.05) is 38.1 Å². The molecule has 1 aliphatic rings. The van der Waals surface area contributed by atoms with Gasteiger partial charge in [-0.2, -0.15) is 0 Å². The van der Waals surface area contributed by atoms with E-state index in [1.165, 1.54) is 6.08 Å². The molecule has 27 heavy (non-hydrogen) atoms. The SMILES string of the molecule is CC(=N/C(=C\C=O)N(C)C1CCC(C)(N)CC1)N(C)c1cccc(Cl)c1Cl. The predicted octanol–water partition coefficient (Wildman–Crippen LogP) is 4.48. The smallest absolute Gasteiger partial charge is 0.146 e. The fraction of sp³-hybridized carbons (Fsp3) is 0.500. The Labute approximate surface area is 171 Å². The topological polar surface area (TPSA) is 61.9 Å². The molecule has 1 aromatic carbocycles. The third kappa shape index (κ3) is 5.47. The summed E-state index contributed by atoms with van der Waals surface area (Å²) >= 11 is 12.4. The predicted molar refractivity (Wildman–Crippen MR) is 115 cm³/mol. The minimum atomic E-state index is -0.103. The molecule has 0 amide bonds. The summed E-state index contributed by atoms with van der Waals surface area (Å²) in [5, 5.41) is 0.960. The molecule has 0 heterocycles. The highest BCUT2D eigenvalue weighted by Crippen LogP contribution is 2.33. The number of halogens is 2. The highest BCUT2D eigenvalue weighted by atomic mass is 35.5. The Morgan fingerprint density at radius 2 is 1.93 bits per heavy atom. The van der Waals surface area contributed by atoms with E-state index in [1.54, 1.807) is 6.07 Å². The summed E-state index contributed by atoms with van der Waals surface area (Å²) in [7, 11) is 3.84. The van der Waals surface area contributed by atoms with Crippen LogP contribution in [0.2, 0.25) is 10.0 Å². The maximum absolute atomic E-state index is 11.2. The summed E-state index contributed by atoms with van der Waals surface area (Å²) in [6.07, 6.45) is 6.13. The van der Waals surface area contributed by atoms with Crippen LogP contribution in [0, 0.1) is 0 Å². The molecule has 0 unspecified atom stereocenters. The van der Waals surface area contributed by atoms with E-state index < -0.39 is 0 Å². The van der Waals surface area contributed by atoms with Crippen molar-refractivity contribution in [2.75, 3.05) is 19.0 Å². The van der Waals surface area contributed by atoms with Crippen LogP contribution in [-0.2, 0) is 4.79 Å². The van der Waals surface area contributed by atoms with Crippen LogP contribution in [0.25, 0.3) is 0 Å². The highest BCUT2D eigenvalue weighted by Gasteiger charge is 2.30. The van der Waals surface area contributed by atoms with Crippen molar-refractivity contribution in [1.82, 2.24) is 4.90 Å². The van der Waals surface area contributed by atoms with Crippen LogP contribution in [-0.4, -0.2) is 42.7 Å². The summed E-state index contributed by atoms with van der Waals surface area (Å²) in [6.45, 7) is 3.97. The Morgan fingerprint density at radius 3 is 2.52 bits per heavy atom. The van der Waals surface area contributed by atoms with Crippen molar-refractivity contribution in [2.45, 2.75) is 51.1 Å². The molecule has 0 aromatic heterocycles. The van der Waals surface area contributed by atoms with Gasteiger partial charge in [0.2, 0.25) is 0 Å². The Balaban J connectivity index is 2.22. The van der Waals surface area contributed by atoms with E-state index in [2.05, 4.69) is 11.8 Å². The van der Waals surface area contributed by atoms with Crippen molar-refractivity contribution in [3.63, 3.8) is 0 Å². The molecule has 148 valence electrons. The van der Waals surface area contributed by atoms with Gasteiger partial charge in [0.25, 0.3) is 0 Å². The molecule has 0 atom stereocenters. The number of amidine groups is 1.